The Hall–Kier alpha value is -0.340. The van der Waals surface area contributed by atoms with Gasteiger partial charge in [-0.25, -0.2) is 0 Å². The second-order valence-corrected chi connectivity index (χ2v) is 3.24. The van der Waals surface area contributed by atoms with Gasteiger partial charge in [-0.2, -0.15) is 0 Å². The van der Waals surface area contributed by atoms with Crippen LogP contribution in [0.2, 0.25) is 0 Å². The van der Waals surface area contributed by atoms with Crippen LogP contribution in [0.15, 0.2) is 12.2 Å². The molecule has 0 aliphatic heterocycles. The molecule has 0 atom stereocenters. The van der Waals surface area contributed by atoms with Gasteiger partial charge in [-0.15, -0.1) is 0 Å². The fraction of sp³-hybridized carbons (Fsp3) is 0.800. The highest BCUT2D eigenvalue weighted by Gasteiger charge is 1.91. The smallest absolute Gasteiger partial charge is 0.0647 e. The van der Waals surface area contributed by atoms with Gasteiger partial charge in [0.25, 0.3) is 0 Å². The first-order chi connectivity index (χ1) is 5.77. The highest BCUT2D eigenvalue weighted by Crippen LogP contribution is 1.86. The number of nitrogens with one attached hydrogen (secondary N) is 1. The zero-order valence-corrected chi connectivity index (χ0v) is 8.47. The van der Waals surface area contributed by atoms with Crippen LogP contribution < -0.4 is 5.32 Å². The van der Waals surface area contributed by atoms with Crippen molar-refractivity contribution in [3.05, 3.63) is 12.2 Å². The van der Waals surface area contributed by atoms with Crippen molar-refractivity contribution in [1.29, 1.82) is 0 Å². The zero-order valence-electron chi connectivity index (χ0n) is 8.47. The summed E-state index contributed by atoms with van der Waals surface area (Å²) in [6, 6.07) is 0. The molecule has 0 rings (SSSR count). The molecule has 0 aromatic rings. The second-order valence-electron chi connectivity index (χ2n) is 3.24. The van der Waals surface area contributed by atoms with Crippen molar-refractivity contribution < 1.29 is 4.74 Å². The first-order valence-corrected chi connectivity index (χ1v) is 4.67. The van der Waals surface area contributed by atoms with Crippen LogP contribution >= 0.6 is 0 Å². The Bertz CT molecular complexity index is 110. The Labute approximate surface area is 76.0 Å². The van der Waals surface area contributed by atoms with Crippen molar-refractivity contribution >= 4 is 0 Å². The molecule has 0 bridgehead atoms. The molecule has 0 saturated heterocycles. The van der Waals surface area contributed by atoms with Crippen molar-refractivity contribution in [3.63, 3.8) is 0 Å². The fourth-order valence-corrected chi connectivity index (χ4v) is 0.783. The van der Waals surface area contributed by atoms with Crippen molar-refractivity contribution in [2.45, 2.75) is 20.8 Å². The van der Waals surface area contributed by atoms with Crippen LogP contribution in [-0.2, 0) is 4.74 Å². The normalized spacial score (nSPS) is 11.7. The van der Waals surface area contributed by atoms with Crippen molar-refractivity contribution in [1.82, 2.24) is 5.32 Å². The largest absolute Gasteiger partial charge is 0.376 e. The predicted octanol–water partition coefficient (Wildman–Crippen LogP) is 1.82. The summed E-state index contributed by atoms with van der Waals surface area (Å²) in [5.74, 6) is 0.723. The van der Waals surface area contributed by atoms with Crippen LogP contribution in [0.5, 0.6) is 0 Å². The molecular formula is C10H21NO. The molecule has 0 amide bonds. The monoisotopic (exact) mass is 171 g/mol. The molecule has 0 aliphatic carbocycles. The van der Waals surface area contributed by atoms with Gasteiger partial charge in [0.2, 0.25) is 0 Å². The van der Waals surface area contributed by atoms with E-state index in [9.17, 15) is 0 Å². The third kappa shape index (κ3) is 9.66. The van der Waals surface area contributed by atoms with Gasteiger partial charge >= 0.3 is 0 Å². The Morgan fingerprint density at radius 2 is 2.17 bits per heavy atom. The van der Waals surface area contributed by atoms with Crippen LogP contribution in [0.3, 0.4) is 0 Å². The standard InChI is InChI=1S/C10H21NO/c1-4-5-7-12-8-6-11-9-10(2)3/h4-5,10-11H,6-9H2,1-3H3. The van der Waals surface area contributed by atoms with Gasteiger partial charge in [0, 0.05) is 6.54 Å². The predicted molar refractivity (Wildman–Crippen MR) is 53.3 cm³/mol. The maximum atomic E-state index is 5.31. The first kappa shape index (κ1) is 11.7. The van der Waals surface area contributed by atoms with E-state index in [1.54, 1.807) is 0 Å². The minimum absolute atomic E-state index is 0.723. The van der Waals surface area contributed by atoms with E-state index in [1.165, 1.54) is 0 Å². The summed E-state index contributed by atoms with van der Waals surface area (Å²) in [5, 5.41) is 3.31. The van der Waals surface area contributed by atoms with E-state index in [0.717, 1.165) is 32.2 Å². The summed E-state index contributed by atoms with van der Waals surface area (Å²) >= 11 is 0. The van der Waals surface area contributed by atoms with E-state index in [2.05, 4.69) is 19.2 Å². The summed E-state index contributed by atoms with van der Waals surface area (Å²) in [6.07, 6.45) is 4.02. The molecule has 72 valence electrons. The summed E-state index contributed by atoms with van der Waals surface area (Å²) < 4.78 is 5.31. The van der Waals surface area contributed by atoms with Gasteiger partial charge in [0.05, 0.1) is 13.2 Å². The molecule has 2 heteroatoms. The number of hydrogen-bond acceptors (Lipinski definition) is 2. The van der Waals surface area contributed by atoms with E-state index >= 15 is 0 Å². The average Bonchev–Trinajstić information content (AvgIpc) is 2.02. The third-order valence-corrected chi connectivity index (χ3v) is 1.43. The van der Waals surface area contributed by atoms with Crippen LogP contribution in [0.1, 0.15) is 20.8 Å². The molecule has 0 fully saturated rings. The lowest BCUT2D eigenvalue weighted by molar-refractivity contribution is 0.163. The van der Waals surface area contributed by atoms with E-state index in [4.69, 9.17) is 4.74 Å². The molecule has 0 aromatic heterocycles. The highest BCUT2D eigenvalue weighted by molar-refractivity contribution is 4.75. The van der Waals surface area contributed by atoms with Crippen LogP contribution in [0.25, 0.3) is 0 Å². The summed E-state index contributed by atoms with van der Waals surface area (Å²) in [7, 11) is 0. The molecule has 12 heavy (non-hydrogen) atoms. The lowest BCUT2D eigenvalue weighted by atomic mass is 10.2. The highest BCUT2D eigenvalue weighted by atomic mass is 16.5. The topological polar surface area (TPSA) is 21.3 Å². The SMILES string of the molecule is CC=CCOCCNCC(C)C. The van der Waals surface area contributed by atoms with E-state index in [0.29, 0.717) is 0 Å². The van der Waals surface area contributed by atoms with Gasteiger partial charge in [0.15, 0.2) is 0 Å². The van der Waals surface area contributed by atoms with Gasteiger partial charge in [-0.05, 0) is 19.4 Å². The number of hydrogen-bond donors (Lipinski definition) is 1. The van der Waals surface area contributed by atoms with E-state index in [-0.39, 0.29) is 0 Å². The molecule has 0 heterocycles. The van der Waals surface area contributed by atoms with Gasteiger partial charge < -0.3 is 10.1 Å². The zero-order chi connectivity index (χ0) is 9.23. The molecule has 0 unspecified atom stereocenters. The summed E-state index contributed by atoms with van der Waals surface area (Å²) in [6.45, 7) is 9.97. The van der Waals surface area contributed by atoms with Crippen molar-refractivity contribution in [2.24, 2.45) is 5.92 Å². The molecule has 0 spiro atoms. The maximum absolute atomic E-state index is 5.31. The summed E-state index contributed by atoms with van der Waals surface area (Å²) in [4.78, 5) is 0. The molecule has 0 radical (unpaired) electrons. The third-order valence-electron chi connectivity index (χ3n) is 1.43. The Morgan fingerprint density at radius 3 is 2.75 bits per heavy atom. The molecule has 1 N–H and O–H groups in total. The van der Waals surface area contributed by atoms with Crippen LogP contribution in [0.4, 0.5) is 0 Å². The van der Waals surface area contributed by atoms with Crippen molar-refractivity contribution in [2.75, 3.05) is 26.3 Å². The fourth-order valence-electron chi connectivity index (χ4n) is 0.783. The molecule has 0 saturated carbocycles. The number of allylic oxidation sites excluding steroid dienone is 1. The minimum Gasteiger partial charge on any atom is -0.376 e. The Morgan fingerprint density at radius 1 is 1.42 bits per heavy atom. The first-order valence-electron chi connectivity index (χ1n) is 4.67. The van der Waals surface area contributed by atoms with Crippen LogP contribution in [0, 0.1) is 5.92 Å². The Balaban J connectivity index is 2.91. The lowest BCUT2D eigenvalue weighted by Gasteiger charge is -2.06. The van der Waals surface area contributed by atoms with Gasteiger partial charge in [-0.1, -0.05) is 26.0 Å². The van der Waals surface area contributed by atoms with Gasteiger partial charge in [-0.3, -0.25) is 0 Å². The number of rotatable bonds is 7. The maximum Gasteiger partial charge on any atom is 0.0647 e. The molecule has 2 nitrogen and oxygen atoms in total. The van der Waals surface area contributed by atoms with E-state index in [1.807, 2.05) is 19.1 Å². The van der Waals surface area contributed by atoms with E-state index < -0.39 is 0 Å². The average molecular weight is 171 g/mol. The lowest BCUT2D eigenvalue weighted by Crippen LogP contribution is -2.23. The number of ether oxygens (including phenoxy) is 1. The minimum atomic E-state index is 0.723. The molecule has 0 aliphatic rings. The Kier molecular flexibility index (Phi) is 8.51. The summed E-state index contributed by atoms with van der Waals surface area (Å²) in [5.41, 5.74) is 0. The molecular weight excluding hydrogens is 150 g/mol. The van der Waals surface area contributed by atoms with Gasteiger partial charge in [0.1, 0.15) is 0 Å². The molecule has 0 aromatic carbocycles. The second kappa shape index (κ2) is 8.75. The van der Waals surface area contributed by atoms with Crippen molar-refractivity contribution in [3.8, 4) is 0 Å². The quantitative estimate of drug-likeness (QED) is 0.466. The van der Waals surface area contributed by atoms with Crippen LogP contribution in [-0.4, -0.2) is 26.3 Å².